The molecular formula is C23H23N4O5+. The number of allylic oxidation sites excluding steroid dienone is 1. The quantitative estimate of drug-likeness (QED) is 0.171. The standard InChI is InChI=1S/C23H22N4O5/c1-4-31-23(30)16(13-24)12-19(27-9-7-17(8-10-27)26(2)3)22(29)15-5-6-20-18(11-15)25-21(28)14-32-20/h5-12,24H,4,14H2,1-3H3/p+1/b19-12-. The van der Waals surface area contributed by atoms with Gasteiger partial charge in [0.25, 0.3) is 17.4 Å². The monoisotopic (exact) mass is 435 g/mol. The normalized spacial score (nSPS) is 12.6. The Balaban J connectivity index is 2.07. The molecule has 0 atom stereocenters. The van der Waals surface area contributed by atoms with E-state index in [-0.39, 0.29) is 36.0 Å². The molecule has 3 rings (SSSR count). The molecule has 1 aliphatic rings. The number of hydrogen-bond donors (Lipinski definition) is 2. The highest BCUT2D eigenvalue weighted by atomic mass is 16.5. The van der Waals surface area contributed by atoms with Gasteiger partial charge in [-0.15, -0.1) is 0 Å². The van der Waals surface area contributed by atoms with E-state index in [1.165, 1.54) is 12.1 Å². The molecule has 1 aromatic carbocycles. The van der Waals surface area contributed by atoms with Crippen molar-refractivity contribution in [3.8, 4) is 5.75 Å². The topological polar surface area (TPSA) is 113 Å². The number of carbonyl (C=O) groups excluding carboxylic acids is 3. The number of ketones is 1. The molecule has 0 radical (unpaired) electrons. The fourth-order valence-corrected chi connectivity index (χ4v) is 3.00. The van der Waals surface area contributed by atoms with Crippen LogP contribution in [0.4, 0.5) is 11.4 Å². The van der Waals surface area contributed by atoms with Crippen LogP contribution in [0.15, 0.2) is 54.4 Å². The molecule has 1 amide bonds. The fraction of sp³-hybridized carbons (Fsp3) is 0.217. The Morgan fingerprint density at radius 2 is 2.00 bits per heavy atom. The van der Waals surface area contributed by atoms with Crippen molar-refractivity contribution in [2.45, 2.75) is 6.92 Å². The SMILES string of the molecule is CCOC(=O)C(=C=N)/C=C(/C(=O)c1ccc2c(c1)NC(=O)CO2)[n+]1ccc(N(C)C)cc1. The van der Waals surface area contributed by atoms with Crippen LogP contribution in [-0.4, -0.2) is 50.8 Å². The number of anilines is 2. The lowest BCUT2D eigenvalue weighted by Gasteiger charge is -2.18. The van der Waals surface area contributed by atoms with E-state index < -0.39 is 11.8 Å². The van der Waals surface area contributed by atoms with E-state index in [1.807, 2.05) is 24.9 Å². The van der Waals surface area contributed by atoms with Gasteiger partial charge in [0.05, 0.1) is 12.3 Å². The molecule has 164 valence electrons. The summed E-state index contributed by atoms with van der Waals surface area (Å²) in [5, 5.41) is 10.2. The Kier molecular flexibility index (Phi) is 6.82. The number of aromatic nitrogens is 1. The molecule has 1 aliphatic heterocycles. The number of pyridine rings is 1. The molecule has 2 N–H and O–H groups in total. The highest BCUT2D eigenvalue weighted by molar-refractivity contribution is 6.23. The maximum Gasteiger partial charge on any atom is 0.347 e. The summed E-state index contributed by atoms with van der Waals surface area (Å²) >= 11 is 0. The summed E-state index contributed by atoms with van der Waals surface area (Å²) < 4.78 is 11.8. The molecule has 0 spiro atoms. The molecule has 0 saturated carbocycles. The van der Waals surface area contributed by atoms with Crippen LogP contribution < -0.4 is 19.5 Å². The third kappa shape index (κ3) is 4.91. The average molecular weight is 435 g/mol. The number of rotatable bonds is 7. The van der Waals surface area contributed by atoms with Gasteiger partial charge in [0.15, 0.2) is 19.0 Å². The van der Waals surface area contributed by atoms with E-state index in [0.29, 0.717) is 11.4 Å². The van der Waals surface area contributed by atoms with Crippen molar-refractivity contribution in [3.63, 3.8) is 0 Å². The number of esters is 1. The maximum atomic E-state index is 13.5. The first kappa shape index (κ1) is 22.5. The Hall–Kier alpha value is -4.23. The molecule has 2 aromatic rings. The molecule has 0 fully saturated rings. The van der Waals surface area contributed by atoms with Crippen molar-refractivity contribution in [2.75, 3.05) is 37.5 Å². The molecule has 0 aliphatic carbocycles. The summed E-state index contributed by atoms with van der Waals surface area (Å²) in [5.74, 6) is 0.989. The van der Waals surface area contributed by atoms with E-state index >= 15 is 0 Å². The number of amides is 1. The zero-order valence-electron chi connectivity index (χ0n) is 18.0. The number of hydrogen-bond acceptors (Lipinski definition) is 7. The second-order valence-electron chi connectivity index (χ2n) is 7.02. The molecule has 32 heavy (non-hydrogen) atoms. The third-order valence-corrected chi connectivity index (χ3v) is 4.62. The van der Waals surface area contributed by atoms with Crippen LogP contribution in [0.3, 0.4) is 0 Å². The number of nitrogens with zero attached hydrogens (tertiary/aromatic N) is 2. The number of carbonyl (C=O) groups is 3. The van der Waals surface area contributed by atoms with Gasteiger partial charge >= 0.3 is 5.97 Å². The van der Waals surface area contributed by atoms with Crippen LogP contribution in [-0.2, 0) is 14.3 Å². The van der Waals surface area contributed by atoms with E-state index in [0.717, 1.165) is 5.69 Å². The summed E-state index contributed by atoms with van der Waals surface area (Å²) in [6.07, 6.45) is 4.61. The first-order valence-electron chi connectivity index (χ1n) is 9.83. The zero-order valence-corrected chi connectivity index (χ0v) is 18.0. The maximum absolute atomic E-state index is 13.5. The zero-order chi connectivity index (χ0) is 23.3. The first-order valence-corrected chi connectivity index (χ1v) is 9.83. The Morgan fingerprint density at radius 3 is 2.62 bits per heavy atom. The number of nitrogens with one attached hydrogen (secondary N) is 2. The Bertz CT molecular complexity index is 1150. The van der Waals surface area contributed by atoms with Crippen molar-refractivity contribution < 1.29 is 28.4 Å². The predicted molar refractivity (Wildman–Crippen MR) is 118 cm³/mol. The molecule has 0 unspecified atom stereocenters. The van der Waals surface area contributed by atoms with E-state index in [9.17, 15) is 14.4 Å². The van der Waals surface area contributed by atoms with Gasteiger partial charge in [0.1, 0.15) is 11.3 Å². The predicted octanol–water partition coefficient (Wildman–Crippen LogP) is 1.83. The van der Waals surface area contributed by atoms with Crippen molar-refractivity contribution in [1.82, 2.24) is 0 Å². The lowest BCUT2D eigenvalue weighted by atomic mass is 10.0. The van der Waals surface area contributed by atoms with Gasteiger partial charge in [0, 0.05) is 43.6 Å². The van der Waals surface area contributed by atoms with Gasteiger partial charge < -0.3 is 19.7 Å². The van der Waals surface area contributed by atoms with Crippen molar-refractivity contribution in [3.05, 3.63) is 59.9 Å². The Morgan fingerprint density at radius 1 is 1.28 bits per heavy atom. The number of benzene rings is 1. The molecular weight excluding hydrogens is 412 g/mol. The third-order valence-electron chi connectivity index (χ3n) is 4.62. The highest BCUT2D eigenvalue weighted by Crippen LogP contribution is 2.29. The number of fused-ring (bicyclic) bond motifs is 1. The molecule has 9 heteroatoms. The average Bonchev–Trinajstić information content (AvgIpc) is 2.79. The highest BCUT2D eigenvalue weighted by Gasteiger charge is 2.26. The lowest BCUT2D eigenvalue weighted by molar-refractivity contribution is -0.576. The van der Waals surface area contributed by atoms with E-state index in [4.69, 9.17) is 14.9 Å². The van der Waals surface area contributed by atoms with Crippen LogP contribution in [0.2, 0.25) is 0 Å². The van der Waals surface area contributed by atoms with Gasteiger partial charge in [-0.2, -0.15) is 4.57 Å². The van der Waals surface area contributed by atoms with Crippen LogP contribution in [0.5, 0.6) is 5.75 Å². The lowest BCUT2D eigenvalue weighted by Crippen LogP contribution is -2.36. The van der Waals surface area contributed by atoms with Gasteiger partial charge in [0.2, 0.25) is 0 Å². The summed E-state index contributed by atoms with van der Waals surface area (Å²) in [6, 6.07) is 8.29. The minimum Gasteiger partial charge on any atom is -0.482 e. The number of ether oxygens (including phenoxy) is 2. The Labute approximate surface area is 185 Å². The minimum atomic E-state index is -0.760. The van der Waals surface area contributed by atoms with Crippen molar-refractivity contribution in [1.29, 1.82) is 5.41 Å². The van der Waals surface area contributed by atoms with Gasteiger partial charge in [-0.05, 0) is 31.0 Å². The summed E-state index contributed by atoms with van der Waals surface area (Å²) in [5.41, 5.74) is 1.45. The largest absolute Gasteiger partial charge is 0.482 e. The molecule has 0 saturated heterocycles. The van der Waals surface area contributed by atoms with Gasteiger partial charge in [-0.1, -0.05) is 0 Å². The van der Waals surface area contributed by atoms with Crippen LogP contribution in [0.25, 0.3) is 5.70 Å². The van der Waals surface area contributed by atoms with E-state index in [1.54, 1.807) is 48.1 Å². The van der Waals surface area contributed by atoms with Gasteiger partial charge in [-0.3, -0.25) is 15.0 Å². The summed E-state index contributed by atoms with van der Waals surface area (Å²) in [6.45, 7) is 1.68. The van der Waals surface area contributed by atoms with Gasteiger partial charge in [-0.25, -0.2) is 4.79 Å². The van der Waals surface area contributed by atoms with Crippen LogP contribution in [0.1, 0.15) is 17.3 Å². The van der Waals surface area contributed by atoms with Crippen molar-refractivity contribution >= 4 is 40.6 Å². The minimum absolute atomic E-state index is 0.0907. The summed E-state index contributed by atoms with van der Waals surface area (Å²) in [7, 11) is 3.78. The second kappa shape index (κ2) is 9.72. The second-order valence-corrected chi connectivity index (χ2v) is 7.02. The molecule has 1 aromatic heterocycles. The number of Topliss-reactive ketones (excluding diaryl/α,β-unsaturated/α-hetero) is 1. The van der Waals surface area contributed by atoms with Crippen LogP contribution >= 0.6 is 0 Å². The van der Waals surface area contributed by atoms with Crippen molar-refractivity contribution in [2.24, 2.45) is 0 Å². The van der Waals surface area contributed by atoms with Crippen LogP contribution in [0, 0.1) is 5.41 Å². The summed E-state index contributed by atoms with van der Waals surface area (Å²) in [4.78, 5) is 39.2. The molecule has 9 nitrogen and oxygen atoms in total. The fourth-order valence-electron chi connectivity index (χ4n) is 3.00. The smallest absolute Gasteiger partial charge is 0.347 e. The van der Waals surface area contributed by atoms with E-state index in [2.05, 4.69) is 5.32 Å². The molecule has 2 heterocycles. The first-order chi connectivity index (χ1) is 15.3. The molecule has 0 bridgehead atoms.